The Kier molecular flexibility index (Phi) is 3.43. The molecule has 0 unspecified atom stereocenters. The predicted molar refractivity (Wildman–Crippen MR) is 59.4 cm³/mol. The number of carbonyl (C=O) groups is 1. The van der Waals surface area contributed by atoms with E-state index in [0.717, 1.165) is 5.56 Å². The predicted octanol–water partition coefficient (Wildman–Crippen LogP) is 1.03. The maximum absolute atomic E-state index is 10.5. The van der Waals surface area contributed by atoms with Gasteiger partial charge in [-0.25, -0.2) is 0 Å². The summed E-state index contributed by atoms with van der Waals surface area (Å²) in [4.78, 5) is 10.5. The molecule has 2 aromatic rings. The summed E-state index contributed by atoms with van der Waals surface area (Å²) >= 11 is 1.41. The molecule has 0 aliphatic carbocycles. The number of carboxylic acid groups (broad SMARTS) is 1. The number of aryl methyl sites for hydroxylation is 1. The molecule has 6 heteroatoms. The van der Waals surface area contributed by atoms with Crippen LogP contribution in [-0.2, 0) is 5.75 Å². The van der Waals surface area contributed by atoms with E-state index in [1.165, 1.54) is 23.9 Å². The van der Waals surface area contributed by atoms with E-state index >= 15 is 0 Å². The van der Waals surface area contributed by atoms with Gasteiger partial charge in [0.2, 0.25) is 5.89 Å². The maximum atomic E-state index is 10.5. The molecule has 0 aliphatic heterocycles. The zero-order valence-electron chi connectivity index (χ0n) is 9.04. The van der Waals surface area contributed by atoms with Gasteiger partial charge in [-0.1, -0.05) is 36.0 Å². The summed E-state index contributed by atoms with van der Waals surface area (Å²) in [5, 5.41) is 18.6. The van der Waals surface area contributed by atoms with Crippen LogP contribution in [0, 0.1) is 6.92 Å². The van der Waals surface area contributed by atoms with Gasteiger partial charge in [-0.15, -0.1) is 10.2 Å². The second kappa shape index (κ2) is 5.01. The number of nitrogens with zero attached hydrogens (tertiary/aromatic N) is 2. The number of benzene rings is 1. The number of aromatic nitrogens is 2. The van der Waals surface area contributed by atoms with Gasteiger partial charge in [0.25, 0.3) is 5.22 Å². The Morgan fingerprint density at radius 1 is 1.35 bits per heavy atom. The zero-order valence-corrected chi connectivity index (χ0v) is 9.86. The third-order valence-corrected chi connectivity index (χ3v) is 2.95. The Balaban J connectivity index is 1.97. The molecule has 0 N–H and O–H groups in total. The highest BCUT2D eigenvalue weighted by Crippen LogP contribution is 2.21. The molecule has 1 aromatic heterocycles. The van der Waals surface area contributed by atoms with Crippen molar-refractivity contribution in [3.8, 4) is 0 Å². The van der Waals surface area contributed by atoms with Gasteiger partial charge in [0, 0.05) is 12.7 Å². The fourth-order valence-electron chi connectivity index (χ4n) is 1.22. The van der Waals surface area contributed by atoms with Gasteiger partial charge < -0.3 is 14.3 Å². The first-order chi connectivity index (χ1) is 8.15. The van der Waals surface area contributed by atoms with E-state index in [2.05, 4.69) is 10.2 Å². The van der Waals surface area contributed by atoms with Crippen LogP contribution in [0.3, 0.4) is 0 Å². The third-order valence-electron chi connectivity index (χ3n) is 2.06. The Morgan fingerprint density at radius 2 is 2.06 bits per heavy atom. The van der Waals surface area contributed by atoms with Crippen LogP contribution in [0.5, 0.6) is 0 Å². The van der Waals surface area contributed by atoms with E-state index < -0.39 is 5.97 Å². The monoisotopic (exact) mass is 249 g/mol. The van der Waals surface area contributed by atoms with Crippen molar-refractivity contribution in [1.82, 2.24) is 10.2 Å². The van der Waals surface area contributed by atoms with Crippen molar-refractivity contribution >= 4 is 17.7 Å². The van der Waals surface area contributed by atoms with Gasteiger partial charge in [-0.3, -0.25) is 0 Å². The van der Waals surface area contributed by atoms with E-state index in [4.69, 9.17) is 4.42 Å². The average Bonchev–Trinajstić information content (AvgIpc) is 2.73. The molecule has 0 atom stereocenters. The molecular formula is C11H9N2O3S-. The Labute approximate surface area is 102 Å². The number of carboxylic acids is 1. The quantitative estimate of drug-likeness (QED) is 0.753. The lowest BCUT2D eigenvalue weighted by molar-refractivity contribution is -0.255. The maximum Gasteiger partial charge on any atom is 0.276 e. The smallest absolute Gasteiger partial charge is 0.276 e. The summed E-state index contributed by atoms with van der Waals surface area (Å²) in [6, 6.07) is 6.51. The highest BCUT2D eigenvalue weighted by atomic mass is 32.2. The van der Waals surface area contributed by atoms with E-state index in [9.17, 15) is 9.90 Å². The molecule has 1 heterocycles. The molecule has 0 saturated heterocycles. The summed E-state index contributed by atoms with van der Waals surface area (Å²) in [5.74, 6) is 0.00568. The highest BCUT2D eigenvalue weighted by Gasteiger charge is 2.03. The van der Waals surface area contributed by atoms with Gasteiger partial charge in [0.05, 0.1) is 5.97 Å². The molecule has 88 valence electrons. The molecule has 0 saturated carbocycles. The van der Waals surface area contributed by atoms with Crippen LogP contribution in [0.15, 0.2) is 33.9 Å². The Bertz CT molecular complexity index is 522. The fourth-order valence-corrected chi connectivity index (χ4v) is 1.98. The van der Waals surface area contributed by atoms with Gasteiger partial charge >= 0.3 is 0 Å². The number of rotatable bonds is 4. The minimum absolute atomic E-state index is 0.174. The van der Waals surface area contributed by atoms with Crippen molar-refractivity contribution in [2.24, 2.45) is 0 Å². The van der Waals surface area contributed by atoms with Crippen molar-refractivity contribution in [3.63, 3.8) is 0 Å². The van der Waals surface area contributed by atoms with Crippen LogP contribution >= 0.6 is 11.8 Å². The first kappa shape index (κ1) is 11.7. The molecule has 2 rings (SSSR count). The SMILES string of the molecule is Cc1nnc(SCc2ccc(C(=O)[O-])cc2)o1. The van der Waals surface area contributed by atoms with Crippen molar-refractivity contribution in [2.75, 3.05) is 0 Å². The van der Waals surface area contributed by atoms with Gasteiger partial charge in [-0.2, -0.15) is 0 Å². The van der Waals surface area contributed by atoms with Crippen LogP contribution in [0.1, 0.15) is 21.8 Å². The Hall–Kier alpha value is -1.82. The van der Waals surface area contributed by atoms with Crippen molar-refractivity contribution in [2.45, 2.75) is 17.9 Å². The van der Waals surface area contributed by atoms with Gasteiger partial charge in [-0.05, 0) is 11.1 Å². The van der Waals surface area contributed by atoms with Crippen LogP contribution in [0.4, 0.5) is 0 Å². The van der Waals surface area contributed by atoms with Crippen LogP contribution in [-0.4, -0.2) is 16.2 Å². The molecule has 17 heavy (non-hydrogen) atoms. The molecular weight excluding hydrogens is 240 g/mol. The molecule has 1 aromatic carbocycles. The number of aromatic carboxylic acids is 1. The summed E-state index contributed by atoms with van der Waals surface area (Å²) in [6.45, 7) is 1.73. The molecule has 0 bridgehead atoms. The summed E-state index contributed by atoms with van der Waals surface area (Å²) in [5.41, 5.74) is 1.16. The lowest BCUT2D eigenvalue weighted by atomic mass is 10.1. The van der Waals surface area contributed by atoms with Crippen molar-refractivity contribution in [1.29, 1.82) is 0 Å². The number of hydrogen-bond donors (Lipinski definition) is 0. The van der Waals surface area contributed by atoms with E-state index in [1.807, 2.05) is 0 Å². The van der Waals surface area contributed by atoms with Crippen LogP contribution < -0.4 is 5.11 Å². The topological polar surface area (TPSA) is 79.0 Å². The summed E-state index contributed by atoms with van der Waals surface area (Å²) in [7, 11) is 0. The lowest BCUT2D eigenvalue weighted by Gasteiger charge is -2.03. The standard InChI is InChI=1S/C11H10N2O3S/c1-7-12-13-11(16-7)17-6-8-2-4-9(5-3-8)10(14)15/h2-5H,6H2,1H3,(H,14,15)/p-1. The molecule has 0 spiro atoms. The fraction of sp³-hybridized carbons (Fsp3) is 0.182. The lowest BCUT2D eigenvalue weighted by Crippen LogP contribution is -2.21. The molecule has 0 aliphatic rings. The number of carbonyl (C=O) groups excluding carboxylic acids is 1. The molecule has 0 amide bonds. The third kappa shape index (κ3) is 3.07. The highest BCUT2D eigenvalue weighted by molar-refractivity contribution is 7.98. The largest absolute Gasteiger partial charge is 0.545 e. The molecule has 0 fully saturated rings. The van der Waals surface area contributed by atoms with E-state index in [1.54, 1.807) is 19.1 Å². The molecule has 5 nitrogen and oxygen atoms in total. The second-order valence-corrected chi connectivity index (χ2v) is 4.29. The van der Waals surface area contributed by atoms with Crippen LogP contribution in [0.25, 0.3) is 0 Å². The summed E-state index contributed by atoms with van der Waals surface area (Å²) < 4.78 is 5.20. The average molecular weight is 249 g/mol. The van der Waals surface area contributed by atoms with Crippen molar-refractivity contribution in [3.05, 3.63) is 41.3 Å². The molecule has 0 radical (unpaired) electrons. The van der Waals surface area contributed by atoms with Crippen molar-refractivity contribution < 1.29 is 14.3 Å². The second-order valence-electron chi connectivity index (χ2n) is 3.36. The van der Waals surface area contributed by atoms with Gasteiger partial charge in [0.15, 0.2) is 0 Å². The number of thioether (sulfide) groups is 1. The minimum atomic E-state index is -1.17. The normalized spacial score (nSPS) is 10.4. The van der Waals surface area contributed by atoms with E-state index in [0.29, 0.717) is 16.9 Å². The Morgan fingerprint density at radius 3 is 2.59 bits per heavy atom. The summed E-state index contributed by atoms with van der Waals surface area (Å²) in [6.07, 6.45) is 0. The van der Waals surface area contributed by atoms with Crippen LogP contribution in [0.2, 0.25) is 0 Å². The number of hydrogen-bond acceptors (Lipinski definition) is 6. The first-order valence-corrected chi connectivity index (χ1v) is 5.87. The minimum Gasteiger partial charge on any atom is -0.545 e. The zero-order chi connectivity index (χ0) is 12.3. The van der Waals surface area contributed by atoms with Gasteiger partial charge in [0.1, 0.15) is 0 Å². The first-order valence-electron chi connectivity index (χ1n) is 4.88. The van der Waals surface area contributed by atoms with E-state index in [-0.39, 0.29) is 5.56 Å².